The molecule has 0 unspecified atom stereocenters. The highest BCUT2D eigenvalue weighted by Gasteiger charge is 2.32. The second-order valence-corrected chi connectivity index (χ2v) is 5.67. The molecule has 0 radical (unpaired) electrons. The SMILES string of the molecule is CC1(C)CCN(C(C)(C)CN)CC1. The lowest BCUT2D eigenvalue weighted by Crippen LogP contribution is -2.53. The molecule has 0 saturated carbocycles. The number of nitrogens with zero attached hydrogens (tertiary/aromatic N) is 1. The van der Waals surface area contributed by atoms with Gasteiger partial charge in [-0.1, -0.05) is 13.8 Å². The van der Waals surface area contributed by atoms with Crippen LogP contribution in [0.15, 0.2) is 0 Å². The fraction of sp³-hybridized carbons (Fsp3) is 1.00. The van der Waals surface area contributed by atoms with E-state index in [0.717, 1.165) is 6.54 Å². The van der Waals surface area contributed by atoms with Crippen LogP contribution in [-0.2, 0) is 0 Å². The van der Waals surface area contributed by atoms with Gasteiger partial charge in [0.15, 0.2) is 0 Å². The smallest absolute Gasteiger partial charge is 0.0275 e. The molecule has 1 fully saturated rings. The molecular formula is C11H24N2. The summed E-state index contributed by atoms with van der Waals surface area (Å²) in [5.41, 5.74) is 6.50. The van der Waals surface area contributed by atoms with Crippen LogP contribution >= 0.6 is 0 Å². The first kappa shape index (κ1) is 11.0. The lowest BCUT2D eigenvalue weighted by Gasteiger charge is -2.45. The third-order valence-electron chi connectivity index (χ3n) is 3.47. The predicted molar refractivity (Wildman–Crippen MR) is 57.7 cm³/mol. The topological polar surface area (TPSA) is 29.3 Å². The lowest BCUT2D eigenvalue weighted by molar-refractivity contribution is 0.0535. The average Bonchev–Trinajstić information content (AvgIpc) is 2.04. The number of piperidine rings is 1. The molecule has 1 heterocycles. The van der Waals surface area contributed by atoms with Crippen molar-refractivity contribution in [1.29, 1.82) is 0 Å². The summed E-state index contributed by atoms with van der Waals surface area (Å²) in [7, 11) is 0. The maximum absolute atomic E-state index is 5.76. The van der Waals surface area contributed by atoms with Crippen LogP contribution in [-0.4, -0.2) is 30.1 Å². The normalized spacial score (nSPS) is 24.7. The summed E-state index contributed by atoms with van der Waals surface area (Å²) in [5.74, 6) is 0. The molecule has 78 valence electrons. The summed E-state index contributed by atoms with van der Waals surface area (Å²) >= 11 is 0. The molecule has 0 bridgehead atoms. The first-order chi connectivity index (χ1) is 5.87. The Labute approximate surface area is 82.5 Å². The van der Waals surface area contributed by atoms with Crippen LogP contribution in [0.5, 0.6) is 0 Å². The molecule has 1 rings (SSSR count). The summed E-state index contributed by atoms with van der Waals surface area (Å²) in [6, 6.07) is 0. The van der Waals surface area contributed by atoms with Gasteiger partial charge in [0.2, 0.25) is 0 Å². The summed E-state index contributed by atoms with van der Waals surface area (Å²) in [6.07, 6.45) is 2.60. The minimum absolute atomic E-state index is 0.191. The van der Waals surface area contributed by atoms with Crippen LogP contribution in [0.1, 0.15) is 40.5 Å². The van der Waals surface area contributed by atoms with E-state index in [9.17, 15) is 0 Å². The Morgan fingerprint density at radius 2 is 1.69 bits per heavy atom. The van der Waals surface area contributed by atoms with Gasteiger partial charge in [-0.2, -0.15) is 0 Å². The number of nitrogens with two attached hydrogens (primary N) is 1. The highest BCUT2D eigenvalue weighted by molar-refractivity contribution is 4.88. The van der Waals surface area contributed by atoms with Crippen LogP contribution in [0.4, 0.5) is 0 Å². The quantitative estimate of drug-likeness (QED) is 0.709. The van der Waals surface area contributed by atoms with Crippen LogP contribution < -0.4 is 5.73 Å². The third kappa shape index (κ3) is 2.68. The van der Waals surface area contributed by atoms with Gasteiger partial charge in [-0.05, 0) is 45.2 Å². The summed E-state index contributed by atoms with van der Waals surface area (Å²) < 4.78 is 0. The Kier molecular flexibility index (Phi) is 3.03. The molecule has 0 aromatic heterocycles. The standard InChI is InChI=1S/C11H24N2/c1-10(2)5-7-13(8-6-10)11(3,4)9-12/h5-9,12H2,1-4H3. The molecule has 0 atom stereocenters. The van der Waals surface area contributed by atoms with E-state index < -0.39 is 0 Å². The van der Waals surface area contributed by atoms with E-state index >= 15 is 0 Å². The predicted octanol–water partition coefficient (Wildman–Crippen LogP) is 1.85. The van der Waals surface area contributed by atoms with E-state index in [1.54, 1.807) is 0 Å². The fourth-order valence-corrected chi connectivity index (χ4v) is 1.85. The maximum Gasteiger partial charge on any atom is 0.0275 e. The van der Waals surface area contributed by atoms with Gasteiger partial charge >= 0.3 is 0 Å². The largest absolute Gasteiger partial charge is 0.329 e. The molecule has 0 aromatic rings. The number of hydrogen-bond donors (Lipinski definition) is 1. The number of hydrogen-bond acceptors (Lipinski definition) is 2. The van der Waals surface area contributed by atoms with E-state index in [2.05, 4.69) is 32.6 Å². The molecule has 0 spiro atoms. The molecule has 0 amide bonds. The van der Waals surface area contributed by atoms with Crippen molar-refractivity contribution in [2.75, 3.05) is 19.6 Å². The van der Waals surface area contributed by atoms with E-state index in [4.69, 9.17) is 5.73 Å². The Morgan fingerprint density at radius 1 is 1.23 bits per heavy atom. The molecule has 2 N–H and O–H groups in total. The minimum Gasteiger partial charge on any atom is -0.329 e. The second-order valence-electron chi connectivity index (χ2n) is 5.67. The average molecular weight is 184 g/mol. The molecule has 0 aliphatic carbocycles. The zero-order chi connectivity index (χ0) is 10.1. The monoisotopic (exact) mass is 184 g/mol. The van der Waals surface area contributed by atoms with E-state index in [0.29, 0.717) is 5.41 Å². The van der Waals surface area contributed by atoms with Crippen molar-refractivity contribution in [2.45, 2.75) is 46.1 Å². The first-order valence-electron chi connectivity index (χ1n) is 5.32. The summed E-state index contributed by atoms with van der Waals surface area (Å²) in [5, 5.41) is 0. The Morgan fingerprint density at radius 3 is 2.08 bits per heavy atom. The third-order valence-corrected chi connectivity index (χ3v) is 3.47. The molecule has 13 heavy (non-hydrogen) atoms. The highest BCUT2D eigenvalue weighted by atomic mass is 15.2. The molecule has 2 nitrogen and oxygen atoms in total. The van der Waals surface area contributed by atoms with Gasteiger partial charge < -0.3 is 5.73 Å². The van der Waals surface area contributed by atoms with Crippen LogP contribution in [0.2, 0.25) is 0 Å². The van der Waals surface area contributed by atoms with Gasteiger partial charge in [0.05, 0.1) is 0 Å². The number of rotatable bonds is 2. The van der Waals surface area contributed by atoms with Crippen LogP contribution in [0.3, 0.4) is 0 Å². The van der Waals surface area contributed by atoms with Crippen molar-refractivity contribution in [3.8, 4) is 0 Å². The Hall–Kier alpha value is -0.0800. The van der Waals surface area contributed by atoms with Gasteiger partial charge in [0, 0.05) is 12.1 Å². The van der Waals surface area contributed by atoms with Crippen molar-refractivity contribution in [3.05, 3.63) is 0 Å². The van der Waals surface area contributed by atoms with Crippen molar-refractivity contribution >= 4 is 0 Å². The Bertz CT molecular complexity index is 163. The number of likely N-dealkylation sites (tertiary alicyclic amines) is 1. The van der Waals surface area contributed by atoms with Crippen LogP contribution in [0.25, 0.3) is 0 Å². The van der Waals surface area contributed by atoms with Crippen molar-refractivity contribution in [1.82, 2.24) is 4.90 Å². The van der Waals surface area contributed by atoms with E-state index in [1.165, 1.54) is 25.9 Å². The van der Waals surface area contributed by atoms with Crippen molar-refractivity contribution in [2.24, 2.45) is 11.1 Å². The van der Waals surface area contributed by atoms with E-state index in [1.807, 2.05) is 0 Å². The molecule has 1 aliphatic heterocycles. The van der Waals surface area contributed by atoms with Gasteiger partial charge in [-0.15, -0.1) is 0 Å². The lowest BCUT2D eigenvalue weighted by atomic mass is 9.81. The van der Waals surface area contributed by atoms with Gasteiger partial charge in [0.1, 0.15) is 0 Å². The zero-order valence-electron chi connectivity index (χ0n) is 9.56. The second kappa shape index (κ2) is 3.58. The minimum atomic E-state index is 0.191. The van der Waals surface area contributed by atoms with Crippen molar-refractivity contribution < 1.29 is 0 Å². The summed E-state index contributed by atoms with van der Waals surface area (Å²) in [4.78, 5) is 2.53. The van der Waals surface area contributed by atoms with Gasteiger partial charge in [-0.3, -0.25) is 4.90 Å². The van der Waals surface area contributed by atoms with E-state index in [-0.39, 0.29) is 5.54 Å². The molecular weight excluding hydrogens is 160 g/mol. The first-order valence-corrected chi connectivity index (χ1v) is 5.32. The van der Waals surface area contributed by atoms with Gasteiger partial charge in [-0.25, -0.2) is 0 Å². The molecule has 1 aliphatic rings. The fourth-order valence-electron chi connectivity index (χ4n) is 1.85. The zero-order valence-corrected chi connectivity index (χ0v) is 9.56. The Balaban J connectivity index is 2.50. The summed E-state index contributed by atoms with van der Waals surface area (Å²) in [6.45, 7) is 12.4. The van der Waals surface area contributed by atoms with Gasteiger partial charge in [0.25, 0.3) is 0 Å². The van der Waals surface area contributed by atoms with Crippen LogP contribution in [0, 0.1) is 5.41 Å². The molecule has 2 heteroatoms. The highest BCUT2D eigenvalue weighted by Crippen LogP contribution is 2.32. The van der Waals surface area contributed by atoms with Crippen molar-refractivity contribution in [3.63, 3.8) is 0 Å². The molecule has 0 aromatic carbocycles. The molecule has 1 saturated heterocycles. The maximum atomic E-state index is 5.76.